The van der Waals surface area contributed by atoms with Crippen molar-refractivity contribution in [2.24, 2.45) is 0 Å². The average Bonchev–Trinajstić information content (AvgIpc) is 2.88. The molecule has 1 aromatic heterocycles. The van der Waals surface area contributed by atoms with Crippen LogP contribution in [0.2, 0.25) is 15.1 Å². The number of halogens is 3. The zero-order valence-electron chi connectivity index (χ0n) is 11.3. The topological polar surface area (TPSA) is 12.0 Å². The standard InChI is InChI=1S/C15H16Cl3NS/c1-9(7-11-5-6-20-8-11)19-10(2)12-3-4-13(16)15(18)14(12)17/h3-6,8-10,19H,7H2,1-2H3. The van der Waals surface area contributed by atoms with Gasteiger partial charge >= 0.3 is 0 Å². The molecule has 5 heteroatoms. The Bertz CT molecular complexity index is 569. The predicted octanol–water partition coefficient (Wildman–Crippen LogP) is 5.99. The van der Waals surface area contributed by atoms with Crippen LogP contribution in [0.4, 0.5) is 0 Å². The molecule has 0 amide bonds. The van der Waals surface area contributed by atoms with E-state index in [4.69, 9.17) is 34.8 Å². The third-order valence-corrected chi connectivity index (χ3v) is 5.23. The molecule has 0 bridgehead atoms. The molecule has 1 N–H and O–H groups in total. The SMILES string of the molecule is CC(Cc1ccsc1)NC(C)c1ccc(Cl)c(Cl)c1Cl. The molecule has 0 saturated heterocycles. The van der Waals surface area contributed by atoms with Crippen molar-refractivity contribution in [3.8, 4) is 0 Å². The van der Waals surface area contributed by atoms with Crippen LogP contribution in [-0.4, -0.2) is 6.04 Å². The second-order valence-electron chi connectivity index (χ2n) is 4.89. The van der Waals surface area contributed by atoms with Crippen LogP contribution in [0.25, 0.3) is 0 Å². The minimum absolute atomic E-state index is 0.117. The molecule has 2 atom stereocenters. The average molecular weight is 349 g/mol. The Balaban J connectivity index is 2.04. The molecule has 2 rings (SSSR count). The Morgan fingerprint density at radius 2 is 1.85 bits per heavy atom. The normalized spacial score (nSPS) is 14.2. The molecule has 0 aliphatic carbocycles. The molecule has 20 heavy (non-hydrogen) atoms. The van der Waals surface area contributed by atoms with Gasteiger partial charge in [-0.15, -0.1) is 0 Å². The van der Waals surface area contributed by atoms with E-state index in [1.165, 1.54) is 5.56 Å². The van der Waals surface area contributed by atoms with Crippen LogP contribution in [0.5, 0.6) is 0 Å². The lowest BCUT2D eigenvalue weighted by atomic mass is 10.1. The fourth-order valence-electron chi connectivity index (χ4n) is 2.21. The van der Waals surface area contributed by atoms with Crippen molar-refractivity contribution in [3.05, 3.63) is 55.2 Å². The molecule has 2 aromatic rings. The monoisotopic (exact) mass is 347 g/mol. The molecule has 1 aromatic carbocycles. The summed E-state index contributed by atoms with van der Waals surface area (Å²) < 4.78 is 0. The van der Waals surface area contributed by atoms with E-state index in [0.29, 0.717) is 21.1 Å². The summed E-state index contributed by atoms with van der Waals surface area (Å²) >= 11 is 20.0. The molecule has 1 heterocycles. The number of thiophene rings is 1. The molecule has 0 fully saturated rings. The molecule has 0 saturated carbocycles. The first-order valence-electron chi connectivity index (χ1n) is 6.39. The lowest BCUT2D eigenvalue weighted by Crippen LogP contribution is -2.30. The Labute approximate surface area is 138 Å². The molecular weight excluding hydrogens is 333 g/mol. The molecule has 1 nitrogen and oxygen atoms in total. The lowest BCUT2D eigenvalue weighted by Gasteiger charge is -2.21. The summed E-state index contributed by atoms with van der Waals surface area (Å²) in [5.74, 6) is 0. The molecule has 108 valence electrons. The van der Waals surface area contributed by atoms with Gasteiger partial charge in [0.1, 0.15) is 0 Å². The van der Waals surface area contributed by atoms with Gasteiger partial charge in [-0.2, -0.15) is 11.3 Å². The second kappa shape index (κ2) is 7.15. The summed E-state index contributed by atoms with van der Waals surface area (Å²) in [4.78, 5) is 0. The Hall–Kier alpha value is -0.250. The van der Waals surface area contributed by atoms with Gasteiger partial charge < -0.3 is 5.32 Å². The number of benzene rings is 1. The minimum Gasteiger partial charge on any atom is -0.307 e. The lowest BCUT2D eigenvalue weighted by molar-refractivity contribution is 0.477. The van der Waals surface area contributed by atoms with Gasteiger partial charge in [0.2, 0.25) is 0 Å². The van der Waals surface area contributed by atoms with E-state index in [0.717, 1.165) is 12.0 Å². The maximum atomic E-state index is 6.26. The van der Waals surface area contributed by atoms with Crippen molar-refractivity contribution >= 4 is 46.1 Å². The zero-order chi connectivity index (χ0) is 14.7. The number of hydrogen-bond donors (Lipinski definition) is 1. The summed E-state index contributed by atoms with van der Waals surface area (Å²) in [6.45, 7) is 4.25. The molecule has 0 aliphatic heterocycles. The van der Waals surface area contributed by atoms with Crippen LogP contribution >= 0.6 is 46.1 Å². The van der Waals surface area contributed by atoms with Crippen LogP contribution < -0.4 is 5.32 Å². The van der Waals surface area contributed by atoms with Crippen LogP contribution in [0, 0.1) is 0 Å². The predicted molar refractivity (Wildman–Crippen MR) is 90.5 cm³/mol. The largest absolute Gasteiger partial charge is 0.307 e. The van der Waals surface area contributed by atoms with E-state index in [-0.39, 0.29) is 6.04 Å². The number of hydrogen-bond acceptors (Lipinski definition) is 2. The Morgan fingerprint density at radius 1 is 1.10 bits per heavy atom. The van der Waals surface area contributed by atoms with Crippen LogP contribution in [0.3, 0.4) is 0 Å². The fourth-order valence-corrected chi connectivity index (χ4v) is 3.60. The highest BCUT2D eigenvalue weighted by Crippen LogP contribution is 2.35. The first kappa shape index (κ1) is 16.1. The van der Waals surface area contributed by atoms with Crippen molar-refractivity contribution in [1.82, 2.24) is 5.32 Å². The van der Waals surface area contributed by atoms with Crippen molar-refractivity contribution in [1.29, 1.82) is 0 Å². The third kappa shape index (κ3) is 3.90. The van der Waals surface area contributed by atoms with Gasteiger partial charge in [0, 0.05) is 12.1 Å². The van der Waals surface area contributed by atoms with Gasteiger partial charge in [0.05, 0.1) is 15.1 Å². The van der Waals surface area contributed by atoms with Crippen LogP contribution in [-0.2, 0) is 6.42 Å². The number of nitrogens with one attached hydrogen (secondary N) is 1. The molecule has 0 aliphatic rings. The van der Waals surface area contributed by atoms with Gasteiger partial charge in [-0.3, -0.25) is 0 Å². The van der Waals surface area contributed by atoms with Crippen molar-refractivity contribution in [2.75, 3.05) is 0 Å². The summed E-state index contributed by atoms with van der Waals surface area (Å²) in [7, 11) is 0. The smallest absolute Gasteiger partial charge is 0.0781 e. The third-order valence-electron chi connectivity index (χ3n) is 3.19. The minimum atomic E-state index is 0.117. The van der Waals surface area contributed by atoms with Gasteiger partial charge in [0.15, 0.2) is 0 Å². The Kier molecular flexibility index (Phi) is 5.76. The van der Waals surface area contributed by atoms with Gasteiger partial charge in [-0.25, -0.2) is 0 Å². The van der Waals surface area contributed by atoms with Crippen molar-refractivity contribution in [3.63, 3.8) is 0 Å². The molecule has 2 unspecified atom stereocenters. The van der Waals surface area contributed by atoms with Gasteiger partial charge in [-0.1, -0.05) is 40.9 Å². The van der Waals surface area contributed by atoms with Gasteiger partial charge in [-0.05, 0) is 54.3 Å². The van der Waals surface area contributed by atoms with E-state index in [1.807, 2.05) is 6.07 Å². The molecule has 0 radical (unpaired) electrons. The van der Waals surface area contributed by atoms with Crippen molar-refractivity contribution in [2.45, 2.75) is 32.4 Å². The van der Waals surface area contributed by atoms with Crippen LogP contribution in [0.1, 0.15) is 31.0 Å². The molecular formula is C15H16Cl3NS. The highest BCUT2D eigenvalue weighted by Gasteiger charge is 2.16. The first-order chi connectivity index (χ1) is 9.49. The maximum absolute atomic E-state index is 6.26. The quantitative estimate of drug-likeness (QED) is 0.654. The van der Waals surface area contributed by atoms with E-state index >= 15 is 0 Å². The summed E-state index contributed by atoms with van der Waals surface area (Å²) in [6.07, 6.45) is 0.993. The summed E-state index contributed by atoms with van der Waals surface area (Å²) in [5.41, 5.74) is 2.32. The number of rotatable bonds is 5. The summed E-state index contributed by atoms with van der Waals surface area (Å²) in [5, 5.41) is 9.25. The van der Waals surface area contributed by atoms with E-state index < -0.39 is 0 Å². The van der Waals surface area contributed by atoms with E-state index in [2.05, 4.69) is 36.0 Å². The summed E-state index contributed by atoms with van der Waals surface area (Å²) in [6, 6.07) is 6.33. The fraction of sp³-hybridized carbons (Fsp3) is 0.333. The van der Waals surface area contributed by atoms with E-state index in [9.17, 15) is 0 Å². The highest BCUT2D eigenvalue weighted by molar-refractivity contribution is 7.07. The maximum Gasteiger partial charge on any atom is 0.0781 e. The van der Waals surface area contributed by atoms with E-state index in [1.54, 1.807) is 17.4 Å². The molecule has 0 spiro atoms. The Morgan fingerprint density at radius 3 is 2.50 bits per heavy atom. The van der Waals surface area contributed by atoms with Crippen molar-refractivity contribution < 1.29 is 0 Å². The first-order valence-corrected chi connectivity index (χ1v) is 8.47. The zero-order valence-corrected chi connectivity index (χ0v) is 14.4. The second-order valence-corrected chi connectivity index (χ2v) is 6.83. The highest BCUT2D eigenvalue weighted by atomic mass is 35.5. The van der Waals surface area contributed by atoms with Gasteiger partial charge in [0.25, 0.3) is 0 Å². The van der Waals surface area contributed by atoms with Crippen LogP contribution in [0.15, 0.2) is 29.0 Å².